The number of aromatic nitrogens is 1. The van der Waals surface area contributed by atoms with E-state index in [2.05, 4.69) is 0 Å². The van der Waals surface area contributed by atoms with Crippen LogP contribution in [0.2, 0.25) is 0 Å². The van der Waals surface area contributed by atoms with Gasteiger partial charge in [0.2, 0.25) is 0 Å². The Balaban J connectivity index is 2.16. The summed E-state index contributed by atoms with van der Waals surface area (Å²) in [5, 5.41) is 1.97. The highest BCUT2D eigenvalue weighted by molar-refractivity contribution is 5.89. The molecule has 5 nitrogen and oxygen atoms in total. The first kappa shape index (κ1) is 17.0. The number of fused-ring (bicyclic) bond motifs is 1. The summed E-state index contributed by atoms with van der Waals surface area (Å²) < 4.78 is 16.1. The third-order valence-electron chi connectivity index (χ3n) is 4.26. The molecule has 2 N–H and O–H groups in total. The summed E-state index contributed by atoms with van der Waals surface area (Å²) in [6.07, 6.45) is 0. The van der Waals surface area contributed by atoms with E-state index in [0.29, 0.717) is 11.5 Å². The SMILES string of the molecule is COc1ccc(C(N)c2nc(C)cc3cc(OC)c(OC)cc23)cc1. The van der Waals surface area contributed by atoms with Gasteiger partial charge < -0.3 is 19.9 Å². The van der Waals surface area contributed by atoms with Crippen LogP contribution >= 0.6 is 0 Å². The van der Waals surface area contributed by atoms with Crippen molar-refractivity contribution in [2.45, 2.75) is 13.0 Å². The van der Waals surface area contributed by atoms with Crippen LogP contribution in [-0.4, -0.2) is 26.3 Å². The minimum atomic E-state index is -0.355. The molecule has 3 rings (SSSR count). The number of aryl methyl sites for hydroxylation is 1. The van der Waals surface area contributed by atoms with Crippen molar-refractivity contribution in [3.05, 3.63) is 59.4 Å². The van der Waals surface area contributed by atoms with Crippen molar-refractivity contribution in [3.8, 4) is 17.2 Å². The van der Waals surface area contributed by atoms with Gasteiger partial charge in [-0.05, 0) is 48.2 Å². The number of nitrogens with two attached hydrogens (primary N) is 1. The first-order valence-electron chi connectivity index (χ1n) is 8.00. The molecule has 0 saturated carbocycles. The fourth-order valence-electron chi connectivity index (χ4n) is 2.95. The average Bonchev–Trinajstić information content (AvgIpc) is 2.65. The van der Waals surface area contributed by atoms with Crippen LogP contribution in [0.1, 0.15) is 23.0 Å². The number of pyridine rings is 1. The van der Waals surface area contributed by atoms with Gasteiger partial charge >= 0.3 is 0 Å². The Bertz CT molecular complexity index is 892. The fraction of sp³-hybridized carbons (Fsp3) is 0.250. The summed E-state index contributed by atoms with van der Waals surface area (Å²) in [7, 11) is 4.89. The molecule has 0 fully saturated rings. The van der Waals surface area contributed by atoms with Crippen LogP contribution in [-0.2, 0) is 0 Å². The minimum Gasteiger partial charge on any atom is -0.497 e. The molecule has 0 aliphatic carbocycles. The molecule has 2 aromatic carbocycles. The van der Waals surface area contributed by atoms with Crippen LogP contribution < -0.4 is 19.9 Å². The topological polar surface area (TPSA) is 66.6 Å². The predicted molar refractivity (Wildman–Crippen MR) is 98.6 cm³/mol. The highest BCUT2D eigenvalue weighted by Crippen LogP contribution is 2.36. The molecular formula is C20H22N2O3. The Hall–Kier alpha value is -2.79. The molecule has 3 aromatic rings. The number of benzene rings is 2. The Labute approximate surface area is 147 Å². The van der Waals surface area contributed by atoms with Gasteiger partial charge in [-0.15, -0.1) is 0 Å². The lowest BCUT2D eigenvalue weighted by Gasteiger charge is -2.17. The van der Waals surface area contributed by atoms with E-state index in [0.717, 1.165) is 33.5 Å². The first-order chi connectivity index (χ1) is 12.1. The van der Waals surface area contributed by atoms with E-state index in [1.165, 1.54) is 0 Å². The van der Waals surface area contributed by atoms with E-state index in [1.54, 1.807) is 21.3 Å². The molecule has 0 radical (unpaired) electrons. The molecule has 1 heterocycles. The molecule has 0 saturated heterocycles. The van der Waals surface area contributed by atoms with Crippen LogP contribution in [0, 0.1) is 6.92 Å². The Morgan fingerprint density at radius 2 is 1.52 bits per heavy atom. The molecule has 1 unspecified atom stereocenters. The van der Waals surface area contributed by atoms with E-state index < -0.39 is 0 Å². The molecule has 130 valence electrons. The van der Waals surface area contributed by atoms with Gasteiger partial charge in [0.1, 0.15) is 5.75 Å². The lowest BCUT2D eigenvalue weighted by Crippen LogP contribution is -2.14. The standard InChI is InChI=1S/C20H22N2O3/c1-12-9-14-10-17(24-3)18(25-4)11-16(14)20(22-12)19(21)13-5-7-15(23-2)8-6-13/h5-11,19H,21H2,1-4H3. The van der Waals surface area contributed by atoms with Gasteiger partial charge in [-0.3, -0.25) is 4.98 Å². The average molecular weight is 338 g/mol. The van der Waals surface area contributed by atoms with Gasteiger partial charge in [-0.1, -0.05) is 12.1 Å². The predicted octanol–water partition coefficient (Wildman–Crippen LogP) is 3.62. The van der Waals surface area contributed by atoms with E-state index in [-0.39, 0.29) is 6.04 Å². The van der Waals surface area contributed by atoms with Crippen LogP contribution in [0.15, 0.2) is 42.5 Å². The number of methoxy groups -OCH3 is 3. The Kier molecular flexibility index (Phi) is 4.76. The second kappa shape index (κ2) is 6.99. The summed E-state index contributed by atoms with van der Waals surface area (Å²) in [5.41, 5.74) is 9.21. The maximum Gasteiger partial charge on any atom is 0.161 e. The van der Waals surface area contributed by atoms with Crippen LogP contribution in [0.5, 0.6) is 17.2 Å². The van der Waals surface area contributed by atoms with E-state index >= 15 is 0 Å². The summed E-state index contributed by atoms with van der Waals surface area (Å²) in [5.74, 6) is 2.14. The van der Waals surface area contributed by atoms with Crippen molar-refractivity contribution >= 4 is 10.8 Å². The van der Waals surface area contributed by atoms with Crippen molar-refractivity contribution in [1.29, 1.82) is 0 Å². The summed E-state index contributed by atoms with van der Waals surface area (Å²) in [4.78, 5) is 4.70. The molecule has 0 aliphatic rings. The highest BCUT2D eigenvalue weighted by Gasteiger charge is 2.17. The fourth-order valence-corrected chi connectivity index (χ4v) is 2.95. The van der Waals surface area contributed by atoms with Crippen molar-refractivity contribution in [1.82, 2.24) is 4.98 Å². The first-order valence-corrected chi connectivity index (χ1v) is 8.00. The molecule has 0 spiro atoms. The van der Waals surface area contributed by atoms with Crippen LogP contribution in [0.25, 0.3) is 10.8 Å². The van der Waals surface area contributed by atoms with Gasteiger partial charge in [0, 0.05) is 11.1 Å². The minimum absolute atomic E-state index is 0.355. The van der Waals surface area contributed by atoms with E-state index in [4.69, 9.17) is 24.9 Å². The van der Waals surface area contributed by atoms with E-state index in [9.17, 15) is 0 Å². The second-order valence-corrected chi connectivity index (χ2v) is 5.83. The van der Waals surface area contributed by atoms with Gasteiger partial charge in [0.15, 0.2) is 11.5 Å². The molecular weight excluding hydrogens is 316 g/mol. The molecule has 0 amide bonds. The lowest BCUT2D eigenvalue weighted by atomic mass is 9.98. The smallest absolute Gasteiger partial charge is 0.161 e. The summed E-state index contributed by atoms with van der Waals surface area (Å²) in [6, 6.07) is 13.3. The van der Waals surface area contributed by atoms with E-state index in [1.807, 2.05) is 49.4 Å². The normalized spacial score (nSPS) is 12.0. The quantitative estimate of drug-likeness (QED) is 0.770. The van der Waals surface area contributed by atoms with Crippen LogP contribution in [0.3, 0.4) is 0 Å². The zero-order chi connectivity index (χ0) is 18.0. The number of nitrogens with zero attached hydrogens (tertiary/aromatic N) is 1. The molecule has 1 aromatic heterocycles. The maximum atomic E-state index is 6.53. The number of hydrogen-bond donors (Lipinski definition) is 1. The summed E-state index contributed by atoms with van der Waals surface area (Å²) in [6.45, 7) is 1.96. The molecule has 25 heavy (non-hydrogen) atoms. The highest BCUT2D eigenvalue weighted by atomic mass is 16.5. The Morgan fingerprint density at radius 1 is 0.880 bits per heavy atom. The molecule has 5 heteroatoms. The lowest BCUT2D eigenvalue weighted by molar-refractivity contribution is 0.356. The van der Waals surface area contributed by atoms with Gasteiger partial charge in [0.25, 0.3) is 0 Å². The van der Waals surface area contributed by atoms with Crippen molar-refractivity contribution in [2.75, 3.05) is 21.3 Å². The third kappa shape index (κ3) is 3.23. The molecule has 0 aliphatic heterocycles. The van der Waals surface area contributed by atoms with Crippen molar-refractivity contribution in [2.24, 2.45) is 5.73 Å². The largest absolute Gasteiger partial charge is 0.497 e. The molecule has 0 bridgehead atoms. The van der Waals surface area contributed by atoms with Crippen molar-refractivity contribution < 1.29 is 14.2 Å². The molecule has 1 atom stereocenters. The second-order valence-electron chi connectivity index (χ2n) is 5.83. The maximum absolute atomic E-state index is 6.53. The van der Waals surface area contributed by atoms with Crippen molar-refractivity contribution in [3.63, 3.8) is 0 Å². The number of rotatable bonds is 5. The zero-order valence-corrected chi connectivity index (χ0v) is 14.9. The number of hydrogen-bond acceptors (Lipinski definition) is 5. The Morgan fingerprint density at radius 3 is 2.12 bits per heavy atom. The monoisotopic (exact) mass is 338 g/mol. The van der Waals surface area contributed by atoms with Gasteiger partial charge in [-0.25, -0.2) is 0 Å². The van der Waals surface area contributed by atoms with Crippen LogP contribution in [0.4, 0.5) is 0 Å². The number of ether oxygens (including phenoxy) is 3. The van der Waals surface area contributed by atoms with Gasteiger partial charge in [-0.2, -0.15) is 0 Å². The van der Waals surface area contributed by atoms with Gasteiger partial charge in [0.05, 0.1) is 33.1 Å². The zero-order valence-electron chi connectivity index (χ0n) is 14.9. The third-order valence-corrected chi connectivity index (χ3v) is 4.26. The summed E-state index contributed by atoms with van der Waals surface area (Å²) >= 11 is 0.